The summed E-state index contributed by atoms with van der Waals surface area (Å²) in [4.78, 5) is 15.9. The minimum Gasteiger partial charge on any atom is -0.350 e. The quantitative estimate of drug-likeness (QED) is 0.804. The third-order valence-electron chi connectivity index (χ3n) is 2.31. The van der Waals surface area contributed by atoms with E-state index in [-0.39, 0.29) is 11.9 Å². The second-order valence-electron chi connectivity index (χ2n) is 3.89. The molecule has 1 rings (SSSR count). The number of alkyl halides is 1. The van der Waals surface area contributed by atoms with Crippen molar-refractivity contribution in [3.63, 3.8) is 0 Å². The van der Waals surface area contributed by atoms with Gasteiger partial charge in [0.25, 0.3) is 5.91 Å². The molecule has 0 radical (unpaired) electrons. The molecule has 1 atom stereocenters. The van der Waals surface area contributed by atoms with Gasteiger partial charge in [0.15, 0.2) is 0 Å². The number of pyridine rings is 1. The maximum atomic E-state index is 11.8. The molecule has 1 N–H and O–H groups in total. The molecular weight excluding hydrogens is 224 g/mol. The van der Waals surface area contributed by atoms with E-state index < -0.39 is 0 Å². The lowest BCUT2D eigenvalue weighted by Crippen LogP contribution is -2.32. The second-order valence-corrected chi connectivity index (χ2v) is 4.27. The van der Waals surface area contributed by atoms with Gasteiger partial charge in [0, 0.05) is 29.4 Å². The van der Waals surface area contributed by atoms with Gasteiger partial charge < -0.3 is 5.32 Å². The van der Waals surface area contributed by atoms with Gasteiger partial charge in [-0.15, -0.1) is 11.6 Å². The van der Waals surface area contributed by atoms with Crippen LogP contribution in [-0.2, 0) is 0 Å². The second kappa shape index (κ2) is 6.48. The van der Waals surface area contributed by atoms with Gasteiger partial charge in [-0.1, -0.05) is 0 Å². The van der Waals surface area contributed by atoms with Crippen LogP contribution in [-0.4, -0.2) is 22.8 Å². The van der Waals surface area contributed by atoms with E-state index in [4.69, 9.17) is 11.6 Å². The zero-order valence-electron chi connectivity index (χ0n) is 9.66. The third-order valence-corrected chi connectivity index (χ3v) is 2.57. The predicted molar refractivity (Wildman–Crippen MR) is 65.9 cm³/mol. The van der Waals surface area contributed by atoms with E-state index in [1.165, 1.54) is 0 Å². The fraction of sp³-hybridized carbons (Fsp3) is 0.500. The van der Waals surface area contributed by atoms with Gasteiger partial charge in [0.1, 0.15) is 0 Å². The van der Waals surface area contributed by atoms with E-state index in [9.17, 15) is 4.79 Å². The Labute approximate surface area is 101 Å². The molecule has 4 heteroatoms. The number of hydrogen-bond donors (Lipinski definition) is 1. The van der Waals surface area contributed by atoms with Crippen molar-refractivity contribution in [1.82, 2.24) is 10.3 Å². The van der Waals surface area contributed by atoms with E-state index in [2.05, 4.69) is 10.3 Å². The zero-order chi connectivity index (χ0) is 12.0. The Morgan fingerprint density at radius 2 is 2.38 bits per heavy atom. The Kier molecular flexibility index (Phi) is 5.26. The molecule has 1 aromatic heterocycles. The number of nitrogens with one attached hydrogen (secondary N) is 1. The van der Waals surface area contributed by atoms with Crippen LogP contribution in [0, 0.1) is 6.92 Å². The van der Waals surface area contributed by atoms with Crippen molar-refractivity contribution in [2.24, 2.45) is 0 Å². The van der Waals surface area contributed by atoms with Crippen LogP contribution in [0.15, 0.2) is 18.3 Å². The monoisotopic (exact) mass is 240 g/mol. The lowest BCUT2D eigenvalue weighted by molar-refractivity contribution is 0.0938. The van der Waals surface area contributed by atoms with Crippen molar-refractivity contribution in [2.45, 2.75) is 32.7 Å². The highest BCUT2D eigenvalue weighted by Crippen LogP contribution is 2.03. The van der Waals surface area contributed by atoms with Gasteiger partial charge in [-0.05, 0) is 38.8 Å². The molecule has 0 spiro atoms. The maximum Gasteiger partial charge on any atom is 0.251 e. The van der Waals surface area contributed by atoms with E-state index in [0.29, 0.717) is 11.4 Å². The Hall–Kier alpha value is -1.09. The zero-order valence-corrected chi connectivity index (χ0v) is 10.4. The lowest BCUT2D eigenvalue weighted by atomic mass is 10.1. The van der Waals surface area contributed by atoms with Gasteiger partial charge in [0.05, 0.1) is 0 Å². The van der Waals surface area contributed by atoms with Crippen molar-refractivity contribution in [3.05, 3.63) is 29.6 Å². The normalized spacial score (nSPS) is 12.2. The SMILES string of the molecule is Cc1cc(C(=O)NC(C)CCCCl)ccn1. The van der Waals surface area contributed by atoms with Crippen molar-refractivity contribution in [1.29, 1.82) is 0 Å². The molecule has 1 amide bonds. The van der Waals surface area contributed by atoms with Crippen LogP contribution in [0.4, 0.5) is 0 Å². The van der Waals surface area contributed by atoms with Gasteiger partial charge in [-0.25, -0.2) is 0 Å². The molecule has 88 valence electrons. The number of nitrogens with zero attached hydrogens (tertiary/aromatic N) is 1. The molecular formula is C12H17ClN2O. The van der Waals surface area contributed by atoms with E-state index >= 15 is 0 Å². The number of carbonyl (C=O) groups is 1. The standard InChI is InChI=1S/C12H17ClN2O/c1-9(4-3-6-13)15-12(16)11-5-7-14-10(2)8-11/h5,7-9H,3-4,6H2,1-2H3,(H,15,16). The average molecular weight is 241 g/mol. The minimum atomic E-state index is -0.0485. The molecule has 1 heterocycles. The van der Waals surface area contributed by atoms with E-state index in [1.807, 2.05) is 13.8 Å². The third kappa shape index (κ3) is 4.19. The topological polar surface area (TPSA) is 42.0 Å². The molecule has 0 aromatic carbocycles. The molecule has 0 bridgehead atoms. The van der Waals surface area contributed by atoms with Crippen molar-refractivity contribution >= 4 is 17.5 Å². The van der Waals surface area contributed by atoms with Gasteiger partial charge in [-0.2, -0.15) is 0 Å². The van der Waals surface area contributed by atoms with E-state index in [0.717, 1.165) is 18.5 Å². The van der Waals surface area contributed by atoms with Crippen LogP contribution in [0.5, 0.6) is 0 Å². The summed E-state index contributed by atoms with van der Waals surface area (Å²) in [6, 6.07) is 3.65. The highest BCUT2D eigenvalue weighted by atomic mass is 35.5. The summed E-state index contributed by atoms with van der Waals surface area (Å²) in [6.07, 6.45) is 3.46. The van der Waals surface area contributed by atoms with Crippen molar-refractivity contribution in [2.75, 3.05) is 5.88 Å². The van der Waals surface area contributed by atoms with Crippen LogP contribution in [0.25, 0.3) is 0 Å². The molecule has 0 aliphatic carbocycles. The summed E-state index contributed by atoms with van der Waals surface area (Å²) >= 11 is 5.60. The Balaban J connectivity index is 2.52. The summed E-state index contributed by atoms with van der Waals surface area (Å²) in [5.74, 6) is 0.585. The fourth-order valence-electron chi connectivity index (χ4n) is 1.45. The smallest absolute Gasteiger partial charge is 0.251 e. The molecule has 0 saturated carbocycles. The van der Waals surface area contributed by atoms with Crippen LogP contribution >= 0.6 is 11.6 Å². The Morgan fingerprint density at radius 3 is 3.00 bits per heavy atom. The first-order valence-electron chi connectivity index (χ1n) is 5.43. The first-order chi connectivity index (χ1) is 7.63. The molecule has 1 unspecified atom stereocenters. The summed E-state index contributed by atoms with van der Waals surface area (Å²) in [5, 5.41) is 2.93. The predicted octanol–water partition coefficient (Wildman–Crippen LogP) is 2.53. The number of carbonyl (C=O) groups excluding carboxylic acids is 1. The summed E-state index contributed by atoms with van der Waals surface area (Å²) in [6.45, 7) is 3.85. The number of aromatic nitrogens is 1. The molecule has 16 heavy (non-hydrogen) atoms. The molecule has 3 nitrogen and oxygen atoms in total. The van der Waals surface area contributed by atoms with Crippen LogP contribution in [0.3, 0.4) is 0 Å². The summed E-state index contributed by atoms with van der Waals surface area (Å²) in [5.41, 5.74) is 1.51. The van der Waals surface area contributed by atoms with Gasteiger partial charge in [0.2, 0.25) is 0 Å². The summed E-state index contributed by atoms with van der Waals surface area (Å²) in [7, 11) is 0. The largest absolute Gasteiger partial charge is 0.350 e. The first kappa shape index (κ1) is 13.0. The highest BCUT2D eigenvalue weighted by Gasteiger charge is 2.09. The van der Waals surface area contributed by atoms with Crippen LogP contribution < -0.4 is 5.32 Å². The number of aryl methyl sites for hydroxylation is 1. The number of hydrogen-bond acceptors (Lipinski definition) is 2. The molecule has 0 fully saturated rings. The van der Waals surface area contributed by atoms with Gasteiger partial charge in [-0.3, -0.25) is 9.78 Å². The fourth-order valence-corrected chi connectivity index (χ4v) is 1.60. The van der Waals surface area contributed by atoms with Crippen LogP contribution in [0.2, 0.25) is 0 Å². The van der Waals surface area contributed by atoms with E-state index in [1.54, 1.807) is 18.3 Å². The summed E-state index contributed by atoms with van der Waals surface area (Å²) < 4.78 is 0. The molecule has 1 aromatic rings. The van der Waals surface area contributed by atoms with Crippen LogP contribution in [0.1, 0.15) is 35.8 Å². The lowest BCUT2D eigenvalue weighted by Gasteiger charge is -2.13. The molecule has 0 saturated heterocycles. The number of amides is 1. The first-order valence-corrected chi connectivity index (χ1v) is 5.96. The highest BCUT2D eigenvalue weighted by molar-refractivity contribution is 6.17. The van der Waals surface area contributed by atoms with Crippen molar-refractivity contribution in [3.8, 4) is 0 Å². The maximum absolute atomic E-state index is 11.8. The Bertz CT molecular complexity index is 355. The number of halogens is 1. The number of rotatable bonds is 5. The Morgan fingerprint density at radius 1 is 1.62 bits per heavy atom. The average Bonchev–Trinajstić information content (AvgIpc) is 2.26. The molecule has 0 aliphatic heterocycles. The minimum absolute atomic E-state index is 0.0485. The molecule has 0 aliphatic rings. The van der Waals surface area contributed by atoms with Gasteiger partial charge >= 0.3 is 0 Å². The van der Waals surface area contributed by atoms with Crippen molar-refractivity contribution < 1.29 is 4.79 Å².